The van der Waals surface area contributed by atoms with Gasteiger partial charge in [0.25, 0.3) is 5.91 Å². The average Bonchev–Trinajstić information content (AvgIpc) is 3.24. The van der Waals surface area contributed by atoms with Gasteiger partial charge in [-0.25, -0.2) is 4.98 Å². The maximum absolute atomic E-state index is 12.5. The highest BCUT2D eigenvalue weighted by molar-refractivity contribution is 6.04. The zero-order valence-corrected chi connectivity index (χ0v) is 15.6. The summed E-state index contributed by atoms with van der Waals surface area (Å²) in [6, 6.07) is 5.57. The van der Waals surface area contributed by atoms with E-state index in [0.717, 1.165) is 25.0 Å². The van der Waals surface area contributed by atoms with Gasteiger partial charge < -0.3 is 20.3 Å². The number of nitrogens with one attached hydrogen (secondary N) is 2. The molecule has 0 aliphatic carbocycles. The van der Waals surface area contributed by atoms with Gasteiger partial charge in [-0.15, -0.1) is 0 Å². The van der Waals surface area contributed by atoms with Crippen LogP contribution in [0.25, 0.3) is 0 Å². The first-order valence-corrected chi connectivity index (χ1v) is 9.54. The molecule has 0 radical (unpaired) electrons. The quantitative estimate of drug-likeness (QED) is 0.785. The lowest BCUT2D eigenvalue weighted by Gasteiger charge is -2.31. The molecule has 1 fully saturated rings. The van der Waals surface area contributed by atoms with Crippen molar-refractivity contribution in [3.8, 4) is 0 Å². The van der Waals surface area contributed by atoms with Crippen LogP contribution in [-0.4, -0.2) is 54.1 Å². The van der Waals surface area contributed by atoms with Crippen LogP contribution < -0.4 is 15.5 Å². The van der Waals surface area contributed by atoms with E-state index in [9.17, 15) is 9.59 Å². The molecule has 2 aliphatic heterocycles. The number of rotatable bonds is 6. The standard InChI is InChI=1S/C20H23N5O3/c26-18-12-24-19-17(25(18)13-16-4-2-8-28-16)9-15(11-23-19)20(27)22-7-5-14-3-1-6-21-10-14/h1,3,6,9-11,16H,2,4-5,7-8,12-13H2,(H,22,27)(H,23,24). The van der Waals surface area contributed by atoms with Crippen LogP contribution in [0.1, 0.15) is 28.8 Å². The lowest BCUT2D eigenvalue weighted by molar-refractivity contribution is -0.117. The molecule has 8 nitrogen and oxygen atoms in total. The smallest absolute Gasteiger partial charge is 0.252 e. The molecule has 0 aromatic carbocycles. The number of carbonyl (C=O) groups is 2. The molecule has 1 unspecified atom stereocenters. The number of fused-ring (bicyclic) bond motifs is 1. The van der Waals surface area contributed by atoms with Gasteiger partial charge in [0.2, 0.25) is 5.91 Å². The van der Waals surface area contributed by atoms with Crippen molar-refractivity contribution in [2.45, 2.75) is 25.4 Å². The van der Waals surface area contributed by atoms with Crippen LogP contribution in [-0.2, 0) is 16.0 Å². The van der Waals surface area contributed by atoms with Crippen molar-refractivity contribution in [2.75, 3.05) is 36.5 Å². The Hall–Kier alpha value is -3.00. The Labute approximate surface area is 163 Å². The van der Waals surface area contributed by atoms with Crippen LogP contribution in [0.15, 0.2) is 36.8 Å². The molecule has 8 heteroatoms. The first-order chi connectivity index (χ1) is 13.7. The third-order valence-electron chi connectivity index (χ3n) is 4.96. The number of nitrogens with zero attached hydrogens (tertiary/aromatic N) is 3. The van der Waals surface area contributed by atoms with E-state index in [0.29, 0.717) is 36.6 Å². The zero-order valence-electron chi connectivity index (χ0n) is 15.6. The first-order valence-electron chi connectivity index (χ1n) is 9.54. The number of hydrogen-bond donors (Lipinski definition) is 2. The summed E-state index contributed by atoms with van der Waals surface area (Å²) in [5, 5.41) is 5.91. The van der Waals surface area contributed by atoms with Crippen LogP contribution in [0, 0.1) is 0 Å². The Bertz CT molecular complexity index is 852. The first kappa shape index (κ1) is 18.4. The Balaban J connectivity index is 1.44. The Morgan fingerprint density at radius 2 is 2.32 bits per heavy atom. The summed E-state index contributed by atoms with van der Waals surface area (Å²) < 4.78 is 5.67. The van der Waals surface area contributed by atoms with Gasteiger partial charge in [-0.2, -0.15) is 0 Å². The number of hydrogen-bond acceptors (Lipinski definition) is 6. The van der Waals surface area contributed by atoms with E-state index < -0.39 is 0 Å². The maximum Gasteiger partial charge on any atom is 0.252 e. The Morgan fingerprint density at radius 3 is 3.11 bits per heavy atom. The summed E-state index contributed by atoms with van der Waals surface area (Å²) in [7, 11) is 0. The molecule has 28 heavy (non-hydrogen) atoms. The van der Waals surface area contributed by atoms with Gasteiger partial charge in [0.15, 0.2) is 0 Å². The minimum Gasteiger partial charge on any atom is -0.376 e. The highest BCUT2D eigenvalue weighted by Gasteiger charge is 2.29. The number of amides is 2. The van der Waals surface area contributed by atoms with Crippen LogP contribution in [0.5, 0.6) is 0 Å². The van der Waals surface area contributed by atoms with E-state index in [-0.39, 0.29) is 24.5 Å². The molecule has 2 aromatic rings. The van der Waals surface area contributed by atoms with E-state index in [1.807, 2.05) is 12.1 Å². The summed E-state index contributed by atoms with van der Waals surface area (Å²) in [5.74, 6) is 0.359. The number of pyridine rings is 2. The summed E-state index contributed by atoms with van der Waals surface area (Å²) in [6.07, 6.45) is 7.72. The molecule has 2 amide bonds. The van der Waals surface area contributed by atoms with Crippen molar-refractivity contribution in [3.63, 3.8) is 0 Å². The van der Waals surface area contributed by atoms with Crippen LogP contribution in [0.3, 0.4) is 0 Å². The molecular formula is C20H23N5O3. The van der Waals surface area contributed by atoms with E-state index in [2.05, 4.69) is 20.6 Å². The minimum atomic E-state index is -0.214. The third-order valence-corrected chi connectivity index (χ3v) is 4.96. The monoisotopic (exact) mass is 381 g/mol. The van der Waals surface area contributed by atoms with Crippen molar-refractivity contribution in [3.05, 3.63) is 47.9 Å². The lowest BCUT2D eigenvalue weighted by atomic mass is 10.1. The minimum absolute atomic E-state index is 0.0341. The molecule has 2 aromatic heterocycles. The van der Waals surface area contributed by atoms with E-state index in [1.54, 1.807) is 23.4 Å². The third kappa shape index (κ3) is 4.12. The van der Waals surface area contributed by atoms with Gasteiger partial charge in [0.1, 0.15) is 5.82 Å². The van der Waals surface area contributed by atoms with Crippen molar-refractivity contribution < 1.29 is 14.3 Å². The number of anilines is 2. The van der Waals surface area contributed by atoms with Crippen molar-refractivity contribution >= 4 is 23.3 Å². The van der Waals surface area contributed by atoms with E-state index >= 15 is 0 Å². The van der Waals surface area contributed by atoms with Crippen molar-refractivity contribution in [1.29, 1.82) is 0 Å². The number of ether oxygens (including phenoxy) is 1. The molecule has 0 saturated carbocycles. The molecule has 1 saturated heterocycles. The molecule has 146 valence electrons. The Morgan fingerprint density at radius 1 is 1.39 bits per heavy atom. The van der Waals surface area contributed by atoms with Gasteiger partial charge in [-0.05, 0) is 37.0 Å². The van der Waals surface area contributed by atoms with Gasteiger partial charge in [-0.1, -0.05) is 6.07 Å². The molecule has 4 rings (SSSR count). The fourth-order valence-electron chi connectivity index (χ4n) is 3.47. The molecule has 4 heterocycles. The van der Waals surface area contributed by atoms with Crippen molar-refractivity contribution in [1.82, 2.24) is 15.3 Å². The van der Waals surface area contributed by atoms with Gasteiger partial charge >= 0.3 is 0 Å². The summed E-state index contributed by atoms with van der Waals surface area (Å²) in [6.45, 7) is 1.92. The fourth-order valence-corrected chi connectivity index (χ4v) is 3.47. The fraction of sp³-hybridized carbons (Fsp3) is 0.400. The molecule has 1 atom stereocenters. The average molecular weight is 381 g/mol. The SMILES string of the molecule is O=C(NCCc1cccnc1)c1cnc2c(c1)N(CC1CCCO1)C(=O)CN2. The van der Waals surface area contributed by atoms with E-state index in [1.165, 1.54) is 6.20 Å². The predicted octanol–water partition coefficient (Wildman–Crippen LogP) is 1.39. The second kappa shape index (κ2) is 8.35. The summed E-state index contributed by atoms with van der Waals surface area (Å²) in [5.41, 5.74) is 2.12. The molecular weight excluding hydrogens is 358 g/mol. The number of carbonyl (C=O) groups excluding carboxylic acids is 2. The highest BCUT2D eigenvalue weighted by atomic mass is 16.5. The van der Waals surface area contributed by atoms with E-state index in [4.69, 9.17) is 4.74 Å². The van der Waals surface area contributed by atoms with Gasteiger partial charge in [0, 0.05) is 31.7 Å². The normalized spacial score (nSPS) is 18.5. The van der Waals surface area contributed by atoms with Crippen molar-refractivity contribution in [2.24, 2.45) is 0 Å². The highest BCUT2D eigenvalue weighted by Crippen LogP contribution is 2.29. The molecule has 0 spiro atoms. The largest absolute Gasteiger partial charge is 0.376 e. The second-order valence-electron chi connectivity index (χ2n) is 6.95. The second-order valence-corrected chi connectivity index (χ2v) is 6.95. The molecule has 2 aliphatic rings. The summed E-state index contributed by atoms with van der Waals surface area (Å²) >= 11 is 0. The lowest BCUT2D eigenvalue weighted by Crippen LogP contribution is -2.44. The summed E-state index contributed by atoms with van der Waals surface area (Å²) in [4.78, 5) is 35.1. The molecule has 0 bridgehead atoms. The van der Waals surface area contributed by atoms with Crippen LogP contribution >= 0.6 is 0 Å². The van der Waals surface area contributed by atoms with Gasteiger partial charge in [0.05, 0.1) is 30.4 Å². The molecule has 2 N–H and O–H groups in total. The number of aromatic nitrogens is 2. The maximum atomic E-state index is 12.5. The topological polar surface area (TPSA) is 96.5 Å². The zero-order chi connectivity index (χ0) is 19.3. The predicted molar refractivity (Wildman–Crippen MR) is 104 cm³/mol. The van der Waals surface area contributed by atoms with Crippen LogP contribution in [0.4, 0.5) is 11.5 Å². The van der Waals surface area contributed by atoms with Crippen LogP contribution in [0.2, 0.25) is 0 Å². The van der Waals surface area contributed by atoms with Gasteiger partial charge in [-0.3, -0.25) is 14.6 Å². The Kier molecular flexibility index (Phi) is 5.48.